The van der Waals surface area contributed by atoms with Crippen LogP contribution in [0.4, 0.5) is 17.6 Å². The molecule has 1 heterocycles. The van der Waals surface area contributed by atoms with Crippen molar-refractivity contribution in [3.8, 4) is 11.5 Å². The topological polar surface area (TPSA) is 31.4 Å². The number of alkyl halides is 4. The zero-order valence-electron chi connectivity index (χ0n) is 10.7. The molecule has 0 fully saturated rings. The third kappa shape index (κ3) is 4.34. The second-order valence-electron chi connectivity index (χ2n) is 4.08. The number of pyridine rings is 1. The molecule has 0 radical (unpaired) electrons. The first kappa shape index (κ1) is 15.1. The lowest BCUT2D eigenvalue weighted by atomic mass is 10.1. The molecule has 0 aliphatic carbocycles. The van der Waals surface area contributed by atoms with E-state index in [9.17, 15) is 17.6 Å². The van der Waals surface area contributed by atoms with Crippen LogP contribution >= 0.6 is 0 Å². The molecule has 3 nitrogen and oxygen atoms in total. The summed E-state index contributed by atoms with van der Waals surface area (Å²) in [5, 5.41) is 0. The standard InChI is InChI=1S/C14H11F4NO2/c15-13(16)21-11-5-3-10(4-6-11)14(17,18)9-20-12-2-1-7-19-8-12/h1-8,13H,9H2. The zero-order valence-corrected chi connectivity index (χ0v) is 10.7. The molecule has 21 heavy (non-hydrogen) atoms. The highest BCUT2D eigenvalue weighted by Crippen LogP contribution is 2.30. The van der Waals surface area contributed by atoms with Gasteiger partial charge in [-0.3, -0.25) is 4.98 Å². The van der Waals surface area contributed by atoms with Crippen molar-refractivity contribution >= 4 is 0 Å². The van der Waals surface area contributed by atoms with Gasteiger partial charge in [-0.25, -0.2) is 0 Å². The predicted molar refractivity (Wildman–Crippen MR) is 66.7 cm³/mol. The van der Waals surface area contributed by atoms with Crippen LogP contribution in [0.2, 0.25) is 0 Å². The lowest BCUT2D eigenvalue weighted by molar-refractivity contribution is -0.0510. The van der Waals surface area contributed by atoms with Crippen LogP contribution in [0.15, 0.2) is 48.8 Å². The van der Waals surface area contributed by atoms with Gasteiger partial charge in [0.15, 0.2) is 6.61 Å². The lowest BCUT2D eigenvalue weighted by Gasteiger charge is -2.17. The van der Waals surface area contributed by atoms with Crippen LogP contribution < -0.4 is 9.47 Å². The Labute approximate surface area is 118 Å². The molecule has 0 saturated heterocycles. The molecule has 112 valence electrons. The highest BCUT2D eigenvalue weighted by Gasteiger charge is 2.32. The maximum atomic E-state index is 13.9. The number of halogens is 4. The van der Waals surface area contributed by atoms with Gasteiger partial charge in [0.25, 0.3) is 0 Å². The van der Waals surface area contributed by atoms with E-state index in [1.165, 1.54) is 18.5 Å². The van der Waals surface area contributed by atoms with Gasteiger partial charge in [0.1, 0.15) is 11.5 Å². The average molecular weight is 301 g/mol. The smallest absolute Gasteiger partial charge is 0.387 e. The molecule has 7 heteroatoms. The van der Waals surface area contributed by atoms with Crippen molar-refractivity contribution in [3.63, 3.8) is 0 Å². The molecular formula is C14H11F4NO2. The SMILES string of the molecule is FC(F)Oc1ccc(C(F)(F)COc2cccnc2)cc1. The summed E-state index contributed by atoms with van der Waals surface area (Å²) in [5.74, 6) is -3.23. The minimum Gasteiger partial charge on any atom is -0.485 e. The van der Waals surface area contributed by atoms with E-state index >= 15 is 0 Å². The summed E-state index contributed by atoms with van der Waals surface area (Å²) in [6.07, 6.45) is 2.81. The van der Waals surface area contributed by atoms with Gasteiger partial charge < -0.3 is 9.47 Å². The Kier molecular flexibility index (Phi) is 4.62. The molecule has 0 aliphatic heterocycles. The van der Waals surface area contributed by atoms with Gasteiger partial charge in [-0.1, -0.05) is 0 Å². The van der Waals surface area contributed by atoms with Crippen LogP contribution in [-0.2, 0) is 5.92 Å². The highest BCUT2D eigenvalue weighted by molar-refractivity contribution is 5.30. The molecule has 0 saturated carbocycles. The molecule has 0 amide bonds. The Morgan fingerprint density at radius 3 is 2.33 bits per heavy atom. The highest BCUT2D eigenvalue weighted by atomic mass is 19.3. The normalized spacial score (nSPS) is 11.5. The van der Waals surface area contributed by atoms with E-state index in [0.717, 1.165) is 24.3 Å². The summed E-state index contributed by atoms with van der Waals surface area (Å²) in [4.78, 5) is 3.74. The Bertz CT molecular complexity index is 561. The molecular weight excluding hydrogens is 290 g/mol. The van der Waals surface area contributed by atoms with Crippen molar-refractivity contribution in [2.24, 2.45) is 0 Å². The molecule has 2 aromatic rings. The van der Waals surface area contributed by atoms with Crippen molar-refractivity contribution in [3.05, 3.63) is 54.4 Å². The van der Waals surface area contributed by atoms with E-state index in [2.05, 4.69) is 9.72 Å². The first-order valence-corrected chi connectivity index (χ1v) is 5.93. The molecule has 0 spiro atoms. The van der Waals surface area contributed by atoms with Crippen molar-refractivity contribution in [1.82, 2.24) is 4.98 Å². The van der Waals surface area contributed by atoms with E-state index in [0.29, 0.717) is 0 Å². The summed E-state index contributed by atoms with van der Waals surface area (Å²) >= 11 is 0. The van der Waals surface area contributed by atoms with Crippen molar-refractivity contribution < 1.29 is 27.0 Å². The quantitative estimate of drug-likeness (QED) is 0.759. The van der Waals surface area contributed by atoms with Crippen LogP contribution in [0.5, 0.6) is 11.5 Å². The molecule has 0 aliphatic rings. The van der Waals surface area contributed by atoms with Crippen LogP contribution in [0.25, 0.3) is 0 Å². The summed E-state index contributed by atoms with van der Waals surface area (Å²) in [7, 11) is 0. The van der Waals surface area contributed by atoms with E-state index in [-0.39, 0.29) is 17.1 Å². The van der Waals surface area contributed by atoms with E-state index in [1.807, 2.05) is 0 Å². The molecule has 0 N–H and O–H groups in total. The van der Waals surface area contributed by atoms with Crippen LogP contribution in [0, 0.1) is 0 Å². The summed E-state index contributed by atoms with van der Waals surface area (Å²) in [5.41, 5.74) is -0.354. The summed E-state index contributed by atoms with van der Waals surface area (Å²) in [6, 6.07) is 7.21. The van der Waals surface area contributed by atoms with Gasteiger partial charge in [0.05, 0.1) is 6.20 Å². The number of nitrogens with zero attached hydrogens (tertiary/aromatic N) is 1. The molecule has 0 atom stereocenters. The van der Waals surface area contributed by atoms with E-state index < -0.39 is 19.1 Å². The zero-order chi connectivity index (χ0) is 15.3. The first-order chi connectivity index (χ1) is 9.97. The van der Waals surface area contributed by atoms with E-state index in [4.69, 9.17) is 4.74 Å². The molecule has 1 aromatic carbocycles. The van der Waals surface area contributed by atoms with E-state index in [1.54, 1.807) is 6.07 Å². The second-order valence-corrected chi connectivity index (χ2v) is 4.08. The molecule has 1 aromatic heterocycles. The summed E-state index contributed by atoms with van der Waals surface area (Å²) < 4.78 is 60.8. The third-order valence-electron chi connectivity index (χ3n) is 2.56. The van der Waals surface area contributed by atoms with Gasteiger partial charge in [-0.15, -0.1) is 0 Å². The fourth-order valence-corrected chi connectivity index (χ4v) is 1.57. The molecule has 0 bridgehead atoms. The van der Waals surface area contributed by atoms with Crippen LogP contribution in [0.3, 0.4) is 0 Å². The van der Waals surface area contributed by atoms with Crippen molar-refractivity contribution in [1.29, 1.82) is 0 Å². The number of rotatable bonds is 6. The van der Waals surface area contributed by atoms with Gasteiger partial charge in [-0.05, 0) is 36.4 Å². The Morgan fingerprint density at radius 1 is 1.05 bits per heavy atom. The lowest BCUT2D eigenvalue weighted by Crippen LogP contribution is -2.23. The van der Waals surface area contributed by atoms with Gasteiger partial charge in [0.2, 0.25) is 0 Å². The Hall–Kier alpha value is -2.31. The number of ether oxygens (including phenoxy) is 2. The number of benzene rings is 1. The van der Waals surface area contributed by atoms with Gasteiger partial charge >= 0.3 is 12.5 Å². The maximum Gasteiger partial charge on any atom is 0.387 e. The van der Waals surface area contributed by atoms with Gasteiger partial charge in [0, 0.05) is 11.8 Å². The third-order valence-corrected chi connectivity index (χ3v) is 2.56. The fourth-order valence-electron chi connectivity index (χ4n) is 1.57. The minimum atomic E-state index is -3.26. The Balaban J connectivity index is 2.01. The minimum absolute atomic E-state index is 0.183. The average Bonchev–Trinajstić information content (AvgIpc) is 2.46. The predicted octanol–water partition coefficient (Wildman–Crippen LogP) is 3.85. The maximum absolute atomic E-state index is 13.9. The monoisotopic (exact) mass is 301 g/mol. The second kappa shape index (κ2) is 6.43. The van der Waals surface area contributed by atoms with Crippen LogP contribution in [0.1, 0.15) is 5.56 Å². The van der Waals surface area contributed by atoms with Crippen LogP contribution in [-0.4, -0.2) is 18.2 Å². The molecule has 2 rings (SSSR count). The first-order valence-electron chi connectivity index (χ1n) is 5.93. The van der Waals surface area contributed by atoms with Gasteiger partial charge in [-0.2, -0.15) is 17.6 Å². The number of hydrogen-bond acceptors (Lipinski definition) is 3. The Morgan fingerprint density at radius 2 is 1.76 bits per heavy atom. The number of aromatic nitrogens is 1. The largest absolute Gasteiger partial charge is 0.485 e. The number of hydrogen-bond donors (Lipinski definition) is 0. The van der Waals surface area contributed by atoms with Crippen molar-refractivity contribution in [2.45, 2.75) is 12.5 Å². The molecule has 0 unspecified atom stereocenters. The van der Waals surface area contributed by atoms with Crippen molar-refractivity contribution in [2.75, 3.05) is 6.61 Å². The fraction of sp³-hybridized carbons (Fsp3) is 0.214. The summed E-state index contributed by atoms with van der Waals surface area (Å²) in [6.45, 7) is -3.88.